The third-order valence-electron chi connectivity index (χ3n) is 30.4. The monoisotopic (exact) mass is 1840 g/mol. The maximum Gasteiger partial charge on any atom is 0.294 e. The van der Waals surface area contributed by atoms with E-state index in [4.69, 9.17) is 0 Å². The molecule has 10 heteroatoms. The quantitative estimate of drug-likeness (QED) is 0.116. The number of imidazole rings is 3. The molecule has 0 atom stereocenters. The zero-order valence-corrected chi connectivity index (χ0v) is 90.2. The topological polar surface area (TPSA) is 34.2 Å². The third kappa shape index (κ3) is 18.6. The van der Waals surface area contributed by atoms with Gasteiger partial charge >= 0.3 is 0 Å². The van der Waals surface area contributed by atoms with Crippen LogP contribution < -0.4 is 22.8 Å². The van der Waals surface area contributed by atoms with Crippen LogP contribution in [-0.4, -0.2) is 13.7 Å². The molecule has 0 saturated heterocycles. The molecule has 0 bridgehead atoms. The molecule has 704 valence electrons. The number of nitrogens with zero attached hydrogens (tertiary/aromatic N) is 8. The molecule has 8 nitrogen and oxygen atoms in total. The molecule has 11 aromatic carbocycles. The summed E-state index contributed by atoms with van der Waals surface area (Å²) in [6, 6.07) is 90.1. The predicted octanol–water partition coefficient (Wildman–Crippen LogP) is 30.8. The van der Waals surface area contributed by atoms with Gasteiger partial charge in [0.25, 0.3) is 16.7 Å². The molecule has 0 aliphatic heterocycles. The standard InChI is InChI=1S/C33H41N2.C30H33N2.C27H35N2.C21H24NS.C15H20NS/c1-22(2)26-17-13-18-27(23(3)4)31(26)35-21-30(34(9)32(35)25-15-11-10-12-16-25)28-19-14-20-29(24(28)5)33(6,7)8;1-20-18-19-24-25(21(20)2)26-27(30(5,6)29(24,3)4)32(23-16-12-9-13-17-23)28(31(26)7)22-14-10-8-11-15-22;1-18-20(25(2,3)4)15-16-21-22(18)23-24(27(7,8)26(21,5)6)29(17-28(23)9)19-13-11-10-12-14-19;1-15-17(12-9-13-18(15)21(2,3)4)19-14-23-20(22(19)5)16-10-7-6-8-11-16;1-11-12(14-9-17-10-16(14)5)7-6-8-13(11)15(2,3)4/h10-23H,1-9H3;8-19H,1-7H3;10-17H,1-9H3;6-14H,1-5H3;6-10H,1-5H3/q5*+1. The molecular formula is C126H153N8S2+5. The van der Waals surface area contributed by atoms with E-state index in [-0.39, 0.29) is 43.3 Å². The van der Waals surface area contributed by atoms with Gasteiger partial charge in [-0.05, 0) is 215 Å². The summed E-state index contributed by atoms with van der Waals surface area (Å²) in [6.45, 7) is 69.5. The van der Waals surface area contributed by atoms with Crippen LogP contribution >= 0.6 is 22.7 Å². The zero-order valence-electron chi connectivity index (χ0n) is 88.6. The van der Waals surface area contributed by atoms with Crippen LogP contribution in [0, 0.1) is 41.5 Å². The van der Waals surface area contributed by atoms with Crippen molar-refractivity contribution in [1.29, 1.82) is 0 Å². The maximum atomic E-state index is 2.51. The highest BCUT2D eigenvalue weighted by molar-refractivity contribution is 7.13. The first-order chi connectivity index (χ1) is 63.9. The molecule has 0 unspecified atom stereocenters. The lowest BCUT2D eigenvalue weighted by molar-refractivity contribution is -0.660. The predicted molar refractivity (Wildman–Crippen MR) is 579 cm³/mol. The zero-order chi connectivity index (χ0) is 98.9. The van der Waals surface area contributed by atoms with Gasteiger partial charge in [0, 0.05) is 49.5 Å². The molecule has 0 amide bonds. The summed E-state index contributed by atoms with van der Waals surface area (Å²) in [5, 5.41) is 5.78. The largest absolute Gasteiger partial charge is 0.294 e. The number of fused-ring (bicyclic) bond motifs is 6. The van der Waals surface area contributed by atoms with E-state index in [1.807, 2.05) is 11.3 Å². The summed E-state index contributed by atoms with van der Waals surface area (Å²) in [5.74, 6) is 3.28. The molecule has 18 rings (SSSR count). The molecule has 0 radical (unpaired) electrons. The maximum absolute atomic E-state index is 2.51. The lowest BCUT2D eigenvalue weighted by atomic mass is 9.56. The van der Waals surface area contributed by atoms with Gasteiger partial charge in [0.2, 0.25) is 23.2 Å². The second kappa shape index (κ2) is 38.4. The number of para-hydroxylation sites is 3. The first-order valence-corrected chi connectivity index (χ1v) is 51.0. The molecule has 0 fully saturated rings. The molecule has 5 heterocycles. The van der Waals surface area contributed by atoms with E-state index < -0.39 is 0 Å². The average molecular weight is 1840 g/mol. The average Bonchev–Trinajstić information content (AvgIpc) is 1.49. The summed E-state index contributed by atoms with van der Waals surface area (Å²) in [7, 11) is 10.9. The number of hydrogen-bond acceptors (Lipinski definition) is 2. The van der Waals surface area contributed by atoms with E-state index in [1.54, 1.807) is 11.3 Å². The highest BCUT2D eigenvalue weighted by Crippen LogP contribution is 2.58. The van der Waals surface area contributed by atoms with Gasteiger partial charge in [-0.15, -0.1) is 0 Å². The fraction of sp³-hybridized carbons (Fsp3) is 0.357. The Labute approximate surface area is 824 Å². The Bertz CT molecular complexity index is 6990. The number of thiazole rings is 2. The van der Waals surface area contributed by atoms with Gasteiger partial charge < -0.3 is 0 Å². The summed E-state index contributed by atoms with van der Waals surface area (Å²) < 4.78 is 19.0. The van der Waals surface area contributed by atoms with Crippen molar-refractivity contribution in [3.8, 4) is 107 Å². The molecule has 5 aromatic heterocycles. The fourth-order valence-corrected chi connectivity index (χ4v) is 23.4. The number of aryl methyl sites for hydroxylation is 3. The number of benzene rings is 11. The Morgan fingerprint density at radius 3 is 1.22 bits per heavy atom. The SMILES string of the molecule is Cc1c(-c2c[n+](-c3c(C(C)C)cccc3C(C)C)c(-c3ccccc3)n2C)cccc1C(C)(C)C.Cc1c(-c2csc(-c3ccccc3)[n+]2C)cccc1C(C)(C)C.Cc1c(-c2csc[n+]2C)cccc1C(C)(C)C.Cc1c(C(C)(C)C)ccc2c1-c1c(n(-c3ccccc3)c[n+]1C)C(C)(C)C2(C)C.Cc1ccc2c(c1C)-c1c(n(-c3ccccc3)c(-c3ccccc3)[n+]1C)C(C)(C)C2(C)C. The number of aromatic nitrogens is 8. The van der Waals surface area contributed by atoms with Crippen molar-refractivity contribution < 1.29 is 22.8 Å². The van der Waals surface area contributed by atoms with Crippen LogP contribution in [0.1, 0.15) is 267 Å². The van der Waals surface area contributed by atoms with Gasteiger partial charge in [-0.25, -0.2) is 13.7 Å². The van der Waals surface area contributed by atoms with Crippen molar-refractivity contribution >= 4 is 22.7 Å². The van der Waals surface area contributed by atoms with Gasteiger partial charge in [-0.2, -0.15) is 22.8 Å². The first kappa shape index (κ1) is 100. The van der Waals surface area contributed by atoms with Crippen LogP contribution in [0.25, 0.3) is 107 Å². The minimum absolute atomic E-state index is 0.00832. The second-order valence-electron chi connectivity index (χ2n) is 45.2. The van der Waals surface area contributed by atoms with Crippen LogP contribution in [0.15, 0.2) is 278 Å². The second-order valence-corrected chi connectivity index (χ2v) is 46.8. The Hall–Kier alpha value is -11.7. The van der Waals surface area contributed by atoms with Gasteiger partial charge in [0.15, 0.2) is 28.5 Å². The summed E-state index contributed by atoms with van der Waals surface area (Å²) >= 11 is 3.56. The molecule has 2 aliphatic carbocycles. The van der Waals surface area contributed by atoms with Crippen molar-refractivity contribution in [2.24, 2.45) is 35.2 Å². The molecule has 0 spiro atoms. The van der Waals surface area contributed by atoms with E-state index in [0.717, 1.165) is 0 Å². The lowest BCUT2D eigenvalue weighted by Gasteiger charge is -2.45. The van der Waals surface area contributed by atoms with Crippen molar-refractivity contribution in [2.75, 3.05) is 0 Å². The van der Waals surface area contributed by atoms with Gasteiger partial charge in [-0.1, -0.05) is 365 Å². The van der Waals surface area contributed by atoms with Crippen LogP contribution in [0.5, 0.6) is 0 Å². The van der Waals surface area contributed by atoms with Gasteiger partial charge in [0.1, 0.15) is 37.4 Å². The lowest BCUT2D eigenvalue weighted by Crippen LogP contribution is -2.46. The molecule has 0 N–H and O–H groups in total. The van der Waals surface area contributed by atoms with Crippen LogP contribution in [0.3, 0.4) is 0 Å². The van der Waals surface area contributed by atoms with Crippen LogP contribution in [0.4, 0.5) is 0 Å². The Morgan fingerprint density at radius 2 is 0.757 bits per heavy atom. The van der Waals surface area contributed by atoms with E-state index in [2.05, 4.69) is 557 Å². The summed E-state index contributed by atoms with van der Waals surface area (Å²) in [4.78, 5) is 0. The molecular weight excluding hydrogens is 1690 g/mol. The highest BCUT2D eigenvalue weighted by atomic mass is 32.1. The third-order valence-corrected chi connectivity index (χ3v) is 32.3. The fourth-order valence-electron chi connectivity index (χ4n) is 21.6. The van der Waals surface area contributed by atoms with Crippen molar-refractivity contribution in [2.45, 2.75) is 263 Å². The Kier molecular flexibility index (Phi) is 28.3. The molecule has 0 saturated carbocycles. The van der Waals surface area contributed by atoms with Crippen LogP contribution in [0.2, 0.25) is 0 Å². The minimum Gasteiger partial charge on any atom is -0.232 e. The van der Waals surface area contributed by atoms with Crippen molar-refractivity contribution in [3.63, 3.8) is 0 Å². The highest BCUT2D eigenvalue weighted by Gasteiger charge is 2.56. The first-order valence-electron chi connectivity index (χ1n) is 49.1. The Morgan fingerprint density at radius 1 is 0.353 bits per heavy atom. The van der Waals surface area contributed by atoms with Crippen molar-refractivity contribution in [3.05, 3.63) is 367 Å². The number of rotatable bonds is 11. The van der Waals surface area contributed by atoms with E-state index in [9.17, 15) is 0 Å². The molecule has 16 aromatic rings. The van der Waals surface area contributed by atoms with Gasteiger partial charge in [0.05, 0.1) is 59.7 Å². The van der Waals surface area contributed by atoms with Crippen molar-refractivity contribution in [1.82, 2.24) is 13.7 Å². The minimum atomic E-state index is -0.0857. The van der Waals surface area contributed by atoms with E-state index in [0.29, 0.717) is 11.8 Å². The normalized spacial score (nSPS) is 13.9. The van der Waals surface area contributed by atoms with E-state index in [1.165, 1.54) is 196 Å². The molecule has 2 aliphatic rings. The number of hydrogen-bond donors (Lipinski definition) is 0. The molecule has 136 heavy (non-hydrogen) atoms. The smallest absolute Gasteiger partial charge is 0.232 e. The Balaban J connectivity index is 0.000000138. The van der Waals surface area contributed by atoms with E-state index >= 15 is 0 Å². The van der Waals surface area contributed by atoms with Crippen LogP contribution in [-0.2, 0) is 78.6 Å². The summed E-state index contributed by atoms with van der Waals surface area (Å²) in [5.41, 5.74) is 45.8. The van der Waals surface area contributed by atoms with Gasteiger partial charge in [-0.3, -0.25) is 0 Å². The summed E-state index contributed by atoms with van der Waals surface area (Å²) in [6.07, 6.45) is 4.63.